The monoisotopic (exact) mass is 378 g/mol. The van der Waals surface area contributed by atoms with Crippen molar-refractivity contribution >= 4 is 45.6 Å². The lowest BCUT2D eigenvalue weighted by molar-refractivity contribution is 0.102. The smallest absolute Gasteiger partial charge is 0.173 e. The molecule has 3 rings (SSSR count). The lowest BCUT2D eigenvalue weighted by atomic mass is 10.1. The number of ether oxygens (including phenoxy) is 1. The number of imidazole rings is 1. The van der Waals surface area contributed by atoms with Crippen molar-refractivity contribution in [1.29, 1.82) is 0 Å². The fraction of sp³-hybridized carbons (Fsp3) is 0.125. The molecule has 0 bridgehead atoms. The molecule has 2 aromatic carbocycles. The predicted molar refractivity (Wildman–Crippen MR) is 94.5 cm³/mol. The number of hydrogen-bond acceptors (Lipinski definition) is 4. The summed E-state index contributed by atoms with van der Waals surface area (Å²) in [7, 11) is 1.59. The van der Waals surface area contributed by atoms with Gasteiger partial charge in [0.15, 0.2) is 10.9 Å². The fourth-order valence-electron chi connectivity index (χ4n) is 2.01. The summed E-state index contributed by atoms with van der Waals surface area (Å²) in [4.78, 5) is 19.8. The number of Topliss-reactive ketones (excluding diaryl/α,β-unsaturated/α-hetero) is 1. The van der Waals surface area contributed by atoms with E-state index >= 15 is 0 Å². The molecule has 3 aromatic rings. The lowest BCUT2D eigenvalue weighted by Crippen LogP contribution is -2.02. The number of carbonyl (C=O) groups is 1. The molecule has 114 valence electrons. The Kier molecular flexibility index (Phi) is 5.63. The van der Waals surface area contributed by atoms with Crippen LogP contribution in [0.15, 0.2) is 53.7 Å². The lowest BCUT2D eigenvalue weighted by Gasteiger charge is -2.03. The first-order valence-electron chi connectivity index (χ1n) is 6.51. The number of methoxy groups -OCH3 is 1. The molecule has 0 aliphatic rings. The highest BCUT2D eigenvalue weighted by atomic mass is 79.9. The van der Waals surface area contributed by atoms with Gasteiger partial charge in [-0.25, -0.2) is 4.98 Å². The quantitative estimate of drug-likeness (QED) is 0.535. The van der Waals surface area contributed by atoms with Crippen LogP contribution in [0, 0.1) is 0 Å². The molecule has 22 heavy (non-hydrogen) atoms. The Bertz CT molecular complexity index is 755. The third kappa shape index (κ3) is 3.69. The summed E-state index contributed by atoms with van der Waals surface area (Å²) >= 11 is 1.41. The molecular formula is C16H15BrN2O2S. The number of aromatic amines is 1. The maximum atomic E-state index is 12.2. The van der Waals surface area contributed by atoms with Crippen molar-refractivity contribution in [2.24, 2.45) is 0 Å². The van der Waals surface area contributed by atoms with Crippen LogP contribution in [0.25, 0.3) is 11.0 Å². The van der Waals surface area contributed by atoms with Crippen molar-refractivity contribution in [3.05, 3.63) is 54.1 Å². The minimum atomic E-state index is 0. The van der Waals surface area contributed by atoms with E-state index in [9.17, 15) is 4.79 Å². The number of para-hydroxylation sites is 2. The molecule has 0 aliphatic heterocycles. The Balaban J connectivity index is 0.00000176. The minimum absolute atomic E-state index is 0. The van der Waals surface area contributed by atoms with Gasteiger partial charge < -0.3 is 9.72 Å². The number of H-pyrrole nitrogens is 1. The number of halogens is 1. The van der Waals surface area contributed by atoms with Gasteiger partial charge in [-0.15, -0.1) is 17.0 Å². The van der Waals surface area contributed by atoms with Gasteiger partial charge in [0.1, 0.15) is 5.75 Å². The van der Waals surface area contributed by atoms with Gasteiger partial charge in [-0.1, -0.05) is 36.0 Å². The second-order valence-corrected chi connectivity index (χ2v) is 5.47. The number of rotatable bonds is 5. The summed E-state index contributed by atoms with van der Waals surface area (Å²) in [5.41, 5.74) is 2.54. The first-order valence-corrected chi connectivity index (χ1v) is 7.49. The molecule has 0 fully saturated rings. The molecule has 1 aromatic heterocycles. The van der Waals surface area contributed by atoms with Crippen LogP contribution in [0.1, 0.15) is 10.4 Å². The van der Waals surface area contributed by atoms with Crippen LogP contribution in [0.3, 0.4) is 0 Å². The van der Waals surface area contributed by atoms with Gasteiger partial charge in [-0.3, -0.25) is 4.79 Å². The largest absolute Gasteiger partial charge is 0.497 e. The molecule has 0 saturated heterocycles. The maximum absolute atomic E-state index is 12.2. The topological polar surface area (TPSA) is 55.0 Å². The highest BCUT2D eigenvalue weighted by Crippen LogP contribution is 2.21. The Hall–Kier alpha value is -1.79. The molecule has 0 unspecified atom stereocenters. The number of nitrogens with zero attached hydrogens (tertiary/aromatic N) is 1. The van der Waals surface area contributed by atoms with Crippen LogP contribution in [0.2, 0.25) is 0 Å². The average molecular weight is 379 g/mol. The number of nitrogens with one attached hydrogen (secondary N) is 1. The van der Waals surface area contributed by atoms with E-state index in [1.807, 2.05) is 36.4 Å². The van der Waals surface area contributed by atoms with E-state index < -0.39 is 0 Å². The second-order valence-electron chi connectivity index (χ2n) is 4.50. The van der Waals surface area contributed by atoms with Gasteiger partial charge in [-0.2, -0.15) is 0 Å². The molecule has 0 amide bonds. The zero-order valence-electron chi connectivity index (χ0n) is 11.9. The molecule has 0 radical (unpaired) electrons. The Morgan fingerprint density at radius 3 is 2.82 bits per heavy atom. The summed E-state index contributed by atoms with van der Waals surface area (Å²) in [6.07, 6.45) is 0. The zero-order chi connectivity index (χ0) is 14.7. The molecule has 0 spiro atoms. The Morgan fingerprint density at radius 1 is 1.23 bits per heavy atom. The summed E-state index contributed by atoms with van der Waals surface area (Å²) in [6.45, 7) is 0. The van der Waals surface area contributed by atoms with Crippen LogP contribution in [-0.4, -0.2) is 28.6 Å². The van der Waals surface area contributed by atoms with Gasteiger partial charge in [0.05, 0.1) is 23.9 Å². The van der Waals surface area contributed by atoms with Gasteiger partial charge in [-0.05, 0) is 24.3 Å². The van der Waals surface area contributed by atoms with E-state index in [2.05, 4.69) is 9.97 Å². The van der Waals surface area contributed by atoms with E-state index in [1.54, 1.807) is 19.2 Å². The standard InChI is InChI=1S/C16H14N2O2S.BrH/c1-20-12-6-4-5-11(9-12)15(19)10-21-16-17-13-7-2-3-8-14(13)18-16;/h2-9H,10H2,1H3,(H,17,18);1H. The Morgan fingerprint density at radius 2 is 2.05 bits per heavy atom. The molecule has 0 saturated carbocycles. The van der Waals surface area contributed by atoms with Crippen LogP contribution in [0.4, 0.5) is 0 Å². The summed E-state index contributed by atoms with van der Waals surface area (Å²) in [5, 5.41) is 0.757. The van der Waals surface area contributed by atoms with Crippen molar-refractivity contribution in [3.63, 3.8) is 0 Å². The number of hydrogen-bond donors (Lipinski definition) is 1. The third-order valence-corrected chi connectivity index (χ3v) is 3.97. The molecule has 0 atom stereocenters. The summed E-state index contributed by atoms with van der Waals surface area (Å²) in [5.74, 6) is 1.08. The second kappa shape index (κ2) is 7.47. The molecule has 1 heterocycles. The van der Waals surface area contributed by atoms with Gasteiger partial charge in [0.2, 0.25) is 0 Å². The highest BCUT2D eigenvalue weighted by Gasteiger charge is 2.10. The number of ketones is 1. The third-order valence-electron chi connectivity index (χ3n) is 3.10. The molecule has 1 N–H and O–H groups in total. The van der Waals surface area contributed by atoms with Crippen LogP contribution in [-0.2, 0) is 0 Å². The first kappa shape index (κ1) is 16.6. The average Bonchev–Trinajstić information content (AvgIpc) is 2.95. The first-order chi connectivity index (χ1) is 10.3. The van der Waals surface area contributed by atoms with Crippen molar-refractivity contribution in [2.75, 3.05) is 12.9 Å². The maximum Gasteiger partial charge on any atom is 0.173 e. The van der Waals surface area contributed by atoms with Crippen molar-refractivity contribution in [3.8, 4) is 5.75 Å². The number of carbonyl (C=O) groups excluding carboxylic acids is 1. The molecular weight excluding hydrogens is 364 g/mol. The summed E-state index contributed by atoms with van der Waals surface area (Å²) < 4.78 is 5.13. The number of fused-ring (bicyclic) bond motifs is 1. The number of thioether (sulfide) groups is 1. The number of aromatic nitrogens is 2. The fourth-order valence-corrected chi connectivity index (χ4v) is 2.79. The predicted octanol–water partition coefficient (Wildman–Crippen LogP) is 4.12. The van der Waals surface area contributed by atoms with E-state index in [0.717, 1.165) is 16.2 Å². The van der Waals surface area contributed by atoms with Gasteiger partial charge >= 0.3 is 0 Å². The highest BCUT2D eigenvalue weighted by molar-refractivity contribution is 8.93. The SMILES string of the molecule is Br.COc1cccc(C(=O)CSc2nc3ccccc3[nH]2)c1. The van der Waals surface area contributed by atoms with E-state index in [1.165, 1.54) is 11.8 Å². The van der Waals surface area contributed by atoms with Gasteiger partial charge in [0, 0.05) is 5.56 Å². The minimum Gasteiger partial charge on any atom is -0.497 e. The zero-order valence-corrected chi connectivity index (χ0v) is 14.4. The molecule has 6 heteroatoms. The number of benzene rings is 2. The van der Waals surface area contributed by atoms with Crippen LogP contribution in [0.5, 0.6) is 5.75 Å². The normalized spacial score (nSPS) is 10.2. The van der Waals surface area contributed by atoms with E-state index in [0.29, 0.717) is 17.1 Å². The Labute approximate surface area is 143 Å². The van der Waals surface area contributed by atoms with E-state index in [-0.39, 0.29) is 22.8 Å². The summed E-state index contributed by atoms with van der Waals surface area (Å²) in [6, 6.07) is 15.0. The molecule has 4 nitrogen and oxygen atoms in total. The van der Waals surface area contributed by atoms with Crippen LogP contribution >= 0.6 is 28.7 Å². The van der Waals surface area contributed by atoms with Gasteiger partial charge in [0.25, 0.3) is 0 Å². The van der Waals surface area contributed by atoms with Crippen molar-refractivity contribution < 1.29 is 9.53 Å². The van der Waals surface area contributed by atoms with Crippen molar-refractivity contribution in [1.82, 2.24) is 9.97 Å². The van der Waals surface area contributed by atoms with E-state index in [4.69, 9.17) is 4.74 Å². The van der Waals surface area contributed by atoms with Crippen molar-refractivity contribution in [2.45, 2.75) is 5.16 Å². The molecule has 0 aliphatic carbocycles. The van der Waals surface area contributed by atoms with Crippen LogP contribution < -0.4 is 4.74 Å².